The lowest BCUT2D eigenvalue weighted by Gasteiger charge is -2.35. The zero-order chi connectivity index (χ0) is 40.0. The number of aromatic nitrogens is 2. The lowest BCUT2D eigenvalue weighted by atomic mass is 10.0. The summed E-state index contributed by atoms with van der Waals surface area (Å²) in [5.41, 5.74) is 3.59. The summed E-state index contributed by atoms with van der Waals surface area (Å²) in [5.74, 6) is 0.215. The number of pyridine rings is 1. The molecule has 1 atom stereocenters. The van der Waals surface area contributed by atoms with Crippen molar-refractivity contribution < 1.29 is 33.3 Å². The normalized spacial score (nSPS) is 15.1. The average Bonchev–Trinajstić information content (AvgIpc) is 3.84. The van der Waals surface area contributed by atoms with E-state index in [-0.39, 0.29) is 24.2 Å². The average molecular weight is 799 g/mol. The number of hydrogen-bond donors (Lipinski definition) is 1. The molecule has 2 aliphatic rings. The van der Waals surface area contributed by atoms with E-state index in [1.54, 1.807) is 16.5 Å². The fourth-order valence-electron chi connectivity index (χ4n) is 6.80. The van der Waals surface area contributed by atoms with Gasteiger partial charge in [0.05, 0.1) is 19.6 Å². The molecule has 0 saturated carbocycles. The molecule has 6 rings (SSSR count). The second-order valence-corrected chi connectivity index (χ2v) is 16.0. The highest BCUT2D eigenvalue weighted by Gasteiger charge is 2.38. The number of piperazine rings is 1. The highest BCUT2D eigenvalue weighted by atomic mass is 32.1. The van der Waals surface area contributed by atoms with Gasteiger partial charge >= 0.3 is 5.97 Å². The van der Waals surface area contributed by atoms with Crippen molar-refractivity contribution in [3.8, 4) is 11.1 Å². The second kappa shape index (κ2) is 20.6. The molecular weight excluding hydrogens is 745 g/mol. The van der Waals surface area contributed by atoms with E-state index in [1.807, 2.05) is 81.6 Å². The Bertz CT molecular complexity index is 1880. The van der Waals surface area contributed by atoms with Gasteiger partial charge in [-0.1, -0.05) is 42.5 Å². The van der Waals surface area contributed by atoms with E-state index in [4.69, 9.17) is 23.9 Å². The van der Waals surface area contributed by atoms with Crippen molar-refractivity contribution in [3.05, 3.63) is 95.1 Å². The summed E-state index contributed by atoms with van der Waals surface area (Å²) in [4.78, 5) is 54.5. The van der Waals surface area contributed by atoms with Crippen LogP contribution in [-0.2, 0) is 35.1 Å². The third kappa shape index (κ3) is 12.4. The molecule has 1 N–H and O–H groups in total. The highest BCUT2D eigenvalue weighted by molar-refractivity contribution is 7.13. The molecule has 304 valence electrons. The van der Waals surface area contributed by atoms with Crippen molar-refractivity contribution in [3.63, 3.8) is 0 Å². The van der Waals surface area contributed by atoms with E-state index in [9.17, 15) is 14.4 Å². The van der Waals surface area contributed by atoms with Crippen LogP contribution < -0.4 is 10.2 Å². The minimum absolute atomic E-state index is 0.180. The molecule has 57 heavy (non-hydrogen) atoms. The Morgan fingerprint density at radius 2 is 1.54 bits per heavy atom. The lowest BCUT2D eigenvalue weighted by Crippen LogP contribution is -2.47. The van der Waals surface area contributed by atoms with E-state index in [0.717, 1.165) is 73.6 Å². The third-order valence-corrected chi connectivity index (χ3v) is 10.3. The van der Waals surface area contributed by atoms with Crippen molar-refractivity contribution in [2.24, 2.45) is 0 Å². The molecule has 4 heterocycles. The van der Waals surface area contributed by atoms with Crippen molar-refractivity contribution in [2.75, 3.05) is 82.6 Å². The molecular formula is C43H54N6O7S. The van der Waals surface area contributed by atoms with Crippen LogP contribution in [-0.4, -0.2) is 116 Å². The quantitative estimate of drug-likeness (QED) is 0.0806. The van der Waals surface area contributed by atoms with Crippen LogP contribution >= 0.6 is 11.3 Å². The number of ether oxygens (including phenoxy) is 4. The molecule has 0 aliphatic carbocycles. The summed E-state index contributed by atoms with van der Waals surface area (Å²) in [6.45, 7) is 14.0. The number of amides is 2. The van der Waals surface area contributed by atoms with E-state index in [2.05, 4.69) is 26.2 Å². The molecule has 2 aromatic carbocycles. The zero-order valence-electron chi connectivity index (χ0n) is 33.2. The first kappa shape index (κ1) is 41.9. The number of nitrogens with one attached hydrogen (secondary N) is 1. The molecule has 0 radical (unpaired) electrons. The van der Waals surface area contributed by atoms with Crippen molar-refractivity contribution >= 4 is 40.1 Å². The number of anilines is 2. The van der Waals surface area contributed by atoms with Crippen LogP contribution in [0, 0.1) is 0 Å². The fourth-order valence-corrected chi connectivity index (χ4v) is 7.33. The van der Waals surface area contributed by atoms with Crippen LogP contribution in [0.2, 0.25) is 0 Å². The maximum absolute atomic E-state index is 13.9. The SMILES string of the molecule is CC(C)(C)OC(=O)CCOCCCOCCCOCCN1CCN(c2ccc(-c3ccc4c(c3)C(=O)N(C(C(=O)Nc3nccs3)c3ccccc3)C4)cn2)CC1. The van der Waals surface area contributed by atoms with Gasteiger partial charge in [-0.05, 0) is 68.5 Å². The van der Waals surface area contributed by atoms with Gasteiger partial charge in [0.25, 0.3) is 11.8 Å². The number of hydrogen-bond acceptors (Lipinski definition) is 12. The smallest absolute Gasteiger partial charge is 0.308 e. The van der Waals surface area contributed by atoms with E-state index >= 15 is 0 Å². The van der Waals surface area contributed by atoms with E-state index in [1.165, 1.54) is 11.3 Å². The number of nitrogens with zero attached hydrogens (tertiary/aromatic N) is 5. The maximum Gasteiger partial charge on any atom is 0.308 e. The van der Waals surface area contributed by atoms with Crippen molar-refractivity contribution in [1.82, 2.24) is 19.8 Å². The predicted octanol–water partition coefficient (Wildman–Crippen LogP) is 6.22. The monoisotopic (exact) mass is 798 g/mol. The number of fused-ring (bicyclic) bond motifs is 1. The topological polar surface area (TPSA) is 136 Å². The van der Waals surface area contributed by atoms with Gasteiger partial charge in [-0.3, -0.25) is 24.6 Å². The predicted molar refractivity (Wildman–Crippen MR) is 220 cm³/mol. The Kier molecular flexibility index (Phi) is 15.2. The van der Waals surface area contributed by atoms with Gasteiger partial charge in [0, 0.05) is 94.6 Å². The Morgan fingerprint density at radius 1 is 0.842 bits per heavy atom. The summed E-state index contributed by atoms with van der Waals surface area (Å²) in [6, 6.07) is 18.6. The van der Waals surface area contributed by atoms with Crippen LogP contribution in [0.1, 0.15) is 67.6 Å². The molecule has 1 fully saturated rings. The Morgan fingerprint density at radius 3 is 2.21 bits per heavy atom. The molecule has 14 heteroatoms. The van der Waals surface area contributed by atoms with Gasteiger partial charge in [-0.15, -0.1) is 11.3 Å². The maximum atomic E-state index is 13.9. The van der Waals surface area contributed by atoms with Gasteiger partial charge in [0.15, 0.2) is 5.13 Å². The molecule has 2 aliphatic heterocycles. The fraction of sp³-hybridized carbons (Fsp3) is 0.465. The number of thiazole rings is 1. The van der Waals surface area contributed by atoms with Gasteiger partial charge in [-0.25, -0.2) is 9.97 Å². The molecule has 0 spiro atoms. The van der Waals surface area contributed by atoms with Crippen LogP contribution in [0.4, 0.5) is 10.9 Å². The van der Waals surface area contributed by atoms with Gasteiger partial charge < -0.3 is 28.7 Å². The highest BCUT2D eigenvalue weighted by Crippen LogP contribution is 2.35. The number of carbonyl (C=O) groups is 3. The molecule has 2 amide bonds. The van der Waals surface area contributed by atoms with Crippen molar-refractivity contribution in [2.45, 2.75) is 58.2 Å². The third-order valence-electron chi connectivity index (χ3n) is 9.63. The molecule has 4 aromatic rings. The first-order valence-corrected chi connectivity index (χ1v) is 20.6. The lowest BCUT2D eigenvalue weighted by molar-refractivity contribution is -0.156. The largest absolute Gasteiger partial charge is 0.460 e. The minimum Gasteiger partial charge on any atom is -0.460 e. The summed E-state index contributed by atoms with van der Waals surface area (Å²) < 4.78 is 22.3. The number of carbonyl (C=O) groups excluding carboxylic acids is 3. The summed E-state index contributed by atoms with van der Waals surface area (Å²) >= 11 is 1.34. The summed E-state index contributed by atoms with van der Waals surface area (Å²) in [6.07, 6.45) is 5.40. The first-order chi connectivity index (χ1) is 27.6. The van der Waals surface area contributed by atoms with Crippen LogP contribution in [0.5, 0.6) is 0 Å². The summed E-state index contributed by atoms with van der Waals surface area (Å²) in [7, 11) is 0. The molecule has 13 nitrogen and oxygen atoms in total. The standard InChI is InChI=1S/C43H54N6O7S/c1-43(2,3)56-38(50)15-26-54-24-7-22-53-23-8-25-55-27-21-47-17-19-48(20-18-47)37-14-13-34(30-45-37)33-11-12-35-31-49(41(52)36(35)29-33)39(32-9-5-4-6-10-32)40(51)46-42-44-16-28-57-42/h4-6,9-14,16,28-30,39H,7-8,15,17-27,31H2,1-3H3,(H,44,46,51). The molecule has 2 aromatic heterocycles. The van der Waals surface area contributed by atoms with Crippen LogP contribution in [0.3, 0.4) is 0 Å². The van der Waals surface area contributed by atoms with Gasteiger partial charge in [0.1, 0.15) is 17.5 Å². The molecule has 1 unspecified atom stereocenters. The van der Waals surface area contributed by atoms with Gasteiger partial charge in [-0.2, -0.15) is 0 Å². The Hall–Kier alpha value is -4.73. The number of benzene rings is 2. The second-order valence-electron chi connectivity index (χ2n) is 15.1. The number of rotatable bonds is 20. The Labute approximate surface area is 339 Å². The first-order valence-electron chi connectivity index (χ1n) is 19.7. The molecule has 1 saturated heterocycles. The van der Waals surface area contributed by atoms with Crippen LogP contribution in [0.15, 0.2) is 78.4 Å². The summed E-state index contributed by atoms with van der Waals surface area (Å²) in [5, 5.41) is 5.18. The minimum atomic E-state index is -0.799. The van der Waals surface area contributed by atoms with Gasteiger partial charge in [0.2, 0.25) is 0 Å². The van der Waals surface area contributed by atoms with E-state index in [0.29, 0.717) is 56.9 Å². The van der Waals surface area contributed by atoms with E-state index < -0.39 is 11.6 Å². The zero-order valence-corrected chi connectivity index (χ0v) is 34.0. The molecule has 0 bridgehead atoms. The van der Waals surface area contributed by atoms with Crippen LogP contribution in [0.25, 0.3) is 11.1 Å². The van der Waals surface area contributed by atoms with Crippen molar-refractivity contribution in [1.29, 1.82) is 0 Å². The Balaban J connectivity index is 0.878. The number of esters is 1.